The summed E-state index contributed by atoms with van der Waals surface area (Å²) >= 11 is 1.54. The van der Waals surface area contributed by atoms with Crippen LogP contribution in [0.5, 0.6) is 0 Å². The molecule has 3 N–H and O–H groups in total. The van der Waals surface area contributed by atoms with Gasteiger partial charge in [-0.05, 0) is 19.3 Å². The van der Waals surface area contributed by atoms with Crippen LogP contribution in [0.4, 0.5) is 5.82 Å². The van der Waals surface area contributed by atoms with E-state index in [1.54, 1.807) is 11.7 Å². The van der Waals surface area contributed by atoms with Crippen LogP contribution in [0.1, 0.15) is 17.7 Å². The van der Waals surface area contributed by atoms with Crippen molar-refractivity contribution in [2.75, 3.05) is 5.43 Å². The zero-order valence-electron chi connectivity index (χ0n) is 8.60. The minimum Gasteiger partial charge on any atom is -0.308 e. The van der Waals surface area contributed by atoms with E-state index in [9.17, 15) is 0 Å². The predicted molar refractivity (Wildman–Crippen MR) is 63.0 cm³/mol. The lowest BCUT2D eigenvalue weighted by molar-refractivity contribution is 0.900. The van der Waals surface area contributed by atoms with Crippen molar-refractivity contribution < 1.29 is 0 Å². The number of anilines is 1. The highest BCUT2D eigenvalue weighted by molar-refractivity contribution is 7.13. The molecule has 6 heteroatoms. The lowest BCUT2D eigenvalue weighted by Crippen LogP contribution is -2.12. The third-order valence-electron chi connectivity index (χ3n) is 2.72. The molecule has 0 atom stereocenters. The van der Waals surface area contributed by atoms with Crippen LogP contribution in [0.15, 0.2) is 11.7 Å². The Kier molecular flexibility index (Phi) is 2.30. The number of nitrogens with zero attached hydrogens (tertiary/aromatic N) is 3. The van der Waals surface area contributed by atoms with Crippen molar-refractivity contribution in [2.24, 2.45) is 5.84 Å². The third-order valence-corrected chi connectivity index (χ3v) is 3.49. The number of fused-ring (bicyclic) bond motifs is 1. The summed E-state index contributed by atoms with van der Waals surface area (Å²) in [5, 5.41) is 0. The van der Waals surface area contributed by atoms with E-state index < -0.39 is 0 Å². The summed E-state index contributed by atoms with van der Waals surface area (Å²) in [7, 11) is 0. The van der Waals surface area contributed by atoms with Gasteiger partial charge in [-0.15, -0.1) is 11.3 Å². The van der Waals surface area contributed by atoms with E-state index in [2.05, 4.69) is 20.4 Å². The minimum atomic E-state index is 0.719. The van der Waals surface area contributed by atoms with E-state index in [0.29, 0.717) is 0 Å². The molecular weight excluding hydrogens is 222 g/mol. The molecular formula is C10H11N5S. The first kappa shape index (κ1) is 9.68. The maximum absolute atomic E-state index is 5.49. The molecule has 0 aliphatic heterocycles. The van der Waals surface area contributed by atoms with Crippen LogP contribution in [0.3, 0.4) is 0 Å². The first-order chi connectivity index (χ1) is 7.88. The van der Waals surface area contributed by atoms with E-state index in [1.165, 1.54) is 11.3 Å². The second kappa shape index (κ2) is 3.80. The van der Waals surface area contributed by atoms with Gasteiger partial charge in [0.1, 0.15) is 5.82 Å². The number of nitrogens with one attached hydrogen (secondary N) is 1. The summed E-state index contributed by atoms with van der Waals surface area (Å²) in [4.78, 5) is 14.0. The van der Waals surface area contributed by atoms with Crippen molar-refractivity contribution in [3.8, 4) is 10.7 Å². The van der Waals surface area contributed by atoms with Crippen LogP contribution >= 0.6 is 11.3 Å². The molecule has 0 saturated heterocycles. The van der Waals surface area contributed by atoms with Crippen LogP contribution in [0, 0.1) is 0 Å². The van der Waals surface area contributed by atoms with Gasteiger partial charge in [0.05, 0.1) is 10.4 Å². The smallest absolute Gasteiger partial charge is 0.173 e. The average Bonchev–Trinajstić information content (AvgIpc) is 2.97. The van der Waals surface area contributed by atoms with E-state index in [0.717, 1.165) is 47.0 Å². The van der Waals surface area contributed by atoms with Gasteiger partial charge in [0.15, 0.2) is 5.82 Å². The summed E-state index contributed by atoms with van der Waals surface area (Å²) in [6.07, 6.45) is 4.93. The lowest BCUT2D eigenvalue weighted by Gasteiger charge is -2.07. The second-order valence-corrected chi connectivity index (χ2v) is 4.57. The second-order valence-electron chi connectivity index (χ2n) is 3.68. The molecule has 0 amide bonds. The summed E-state index contributed by atoms with van der Waals surface area (Å²) in [6.45, 7) is 0. The fraction of sp³-hybridized carbons (Fsp3) is 0.300. The minimum absolute atomic E-state index is 0.719. The number of nitrogen functional groups attached to an aromatic ring is 1. The molecule has 0 radical (unpaired) electrons. The summed E-state index contributed by atoms with van der Waals surface area (Å²) in [6, 6.07) is 0. The Morgan fingerprint density at radius 1 is 1.31 bits per heavy atom. The fourth-order valence-electron chi connectivity index (χ4n) is 1.99. The number of hydrogen-bond acceptors (Lipinski definition) is 6. The van der Waals surface area contributed by atoms with Gasteiger partial charge in [0, 0.05) is 17.5 Å². The predicted octanol–water partition coefficient (Wildman–Crippen LogP) is 1.37. The van der Waals surface area contributed by atoms with E-state index in [-0.39, 0.29) is 0 Å². The Labute approximate surface area is 96.7 Å². The van der Waals surface area contributed by atoms with E-state index >= 15 is 0 Å². The van der Waals surface area contributed by atoms with Gasteiger partial charge in [-0.25, -0.2) is 15.8 Å². The maximum atomic E-state index is 5.49. The zero-order valence-corrected chi connectivity index (χ0v) is 9.42. The van der Waals surface area contributed by atoms with Gasteiger partial charge in [0.25, 0.3) is 0 Å². The highest BCUT2D eigenvalue weighted by Gasteiger charge is 2.19. The number of hydrazine groups is 1. The molecule has 1 aliphatic carbocycles. The Morgan fingerprint density at radius 3 is 3.00 bits per heavy atom. The van der Waals surface area contributed by atoms with Crippen molar-refractivity contribution in [2.45, 2.75) is 19.3 Å². The summed E-state index contributed by atoms with van der Waals surface area (Å²) in [5.74, 6) is 6.97. The molecule has 0 spiro atoms. The number of nitrogens with two attached hydrogens (primary N) is 1. The molecule has 3 rings (SSSR count). The van der Waals surface area contributed by atoms with Crippen LogP contribution < -0.4 is 11.3 Å². The molecule has 0 unspecified atom stereocenters. The number of thiazole rings is 1. The van der Waals surface area contributed by atoms with Crippen LogP contribution in [0.25, 0.3) is 10.7 Å². The molecule has 2 heterocycles. The summed E-state index contributed by atoms with van der Waals surface area (Å²) < 4.78 is 0. The molecule has 0 saturated carbocycles. The molecule has 82 valence electrons. The third kappa shape index (κ3) is 1.46. The van der Waals surface area contributed by atoms with E-state index in [4.69, 9.17) is 5.84 Å². The standard InChI is InChI=1S/C10H11N5S/c11-15-9-6-2-1-3-7(6)13-10(14-9)8-4-12-5-16-8/h4-5H,1-3,11H2,(H,13,14,15). The molecule has 2 aromatic rings. The number of aryl methyl sites for hydroxylation is 1. The molecule has 0 fully saturated rings. The van der Waals surface area contributed by atoms with Crippen molar-refractivity contribution in [3.63, 3.8) is 0 Å². The lowest BCUT2D eigenvalue weighted by atomic mass is 10.2. The Hall–Kier alpha value is -1.53. The summed E-state index contributed by atoms with van der Waals surface area (Å²) in [5.41, 5.74) is 6.72. The highest BCUT2D eigenvalue weighted by atomic mass is 32.1. The van der Waals surface area contributed by atoms with E-state index in [1.807, 2.05) is 0 Å². The van der Waals surface area contributed by atoms with Gasteiger partial charge in [0.2, 0.25) is 0 Å². The Bertz CT molecular complexity index is 508. The van der Waals surface area contributed by atoms with Crippen molar-refractivity contribution in [3.05, 3.63) is 23.0 Å². The van der Waals surface area contributed by atoms with Crippen molar-refractivity contribution in [1.82, 2.24) is 15.0 Å². The highest BCUT2D eigenvalue weighted by Crippen LogP contribution is 2.29. The van der Waals surface area contributed by atoms with Gasteiger partial charge < -0.3 is 5.43 Å². The van der Waals surface area contributed by atoms with Gasteiger partial charge in [-0.2, -0.15) is 0 Å². The largest absolute Gasteiger partial charge is 0.308 e. The van der Waals surface area contributed by atoms with Gasteiger partial charge in [-0.3, -0.25) is 4.98 Å². The van der Waals surface area contributed by atoms with Crippen LogP contribution in [0.2, 0.25) is 0 Å². The molecule has 0 aromatic carbocycles. The number of hydrogen-bond donors (Lipinski definition) is 2. The Balaban J connectivity index is 2.15. The number of aromatic nitrogens is 3. The molecule has 5 nitrogen and oxygen atoms in total. The van der Waals surface area contributed by atoms with Crippen molar-refractivity contribution >= 4 is 17.2 Å². The SMILES string of the molecule is NNc1nc(-c2cncs2)nc2c1CCC2. The topological polar surface area (TPSA) is 76.7 Å². The molecule has 16 heavy (non-hydrogen) atoms. The van der Waals surface area contributed by atoms with Gasteiger partial charge in [-0.1, -0.05) is 0 Å². The Morgan fingerprint density at radius 2 is 2.25 bits per heavy atom. The van der Waals surface area contributed by atoms with Crippen LogP contribution in [-0.4, -0.2) is 15.0 Å². The monoisotopic (exact) mass is 233 g/mol. The average molecular weight is 233 g/mol. The normalized spacial score (nSPS) is 13.8. The molecule has 1 aliphatic rings. The first-order valence-electron chi connectivity index (χ1n) is 5.14. The molecule has 2 aromatic heterocycles. The van der Waals surface area contributed by atoms with Crippen LogP contribution in [-0.2, 0) is 12.8 Å². The quantitative estimate of drug-likeness (QED) is 0.605. The molecule has 0 bridgehead atoms. The maximum Gasteiger partial charge on any atom is 0.173 e. The number of rotatable bonds is 2. The van der Waals surface area contributed by atoms with Crippen molar-refractivity contribution in [1.29, 1.82) is 0 Å². The van der Waals surface area contributed by atoms with Gasteiger partial charge >= 0.3 is 0 Å². The zero-order chi connectivity index (χ0) is 11.0. The fourth-order valence-corrected chi connectivity index (χ4v) is 2.54. The first-order valence-corrected chi connectivity index (χ1v) is 6.01.